The average Bonchev–Trinajstić information content (AvgIpc) is 2.61. The summed E-state index contributed by atoms with van der Waals surface area (Å²) in [5, 5.41) is 10.4. The number of methoxy groups -OCH3 is 3. The third-order valence-corrected chi connectivity index (χ3v) is 4.47. The van der Waals surface area contributed by atoms with Gasteiger partial charge in [-0.3, -0.25) is 0 Å². The van der Waals surface area contributed by atoms with E-state index in [0.717, 1.165) is 46.4 Å². The van der Waals surface area contributed by atoms with E-state index in [1.165, 1.54) is 0 Å². The smallest absolute Gasteiger partial charge is 0.163 e. The van der Waals surface area contributed by atoms with Crippen LogP contribution in [0.2, 0.25) is 0 Å². The highest BCUT2D eigenvalue weighted by molar-refractivity contribution is 5.85. The van der Waals surface area contributed by atoms with E-state index in [1.54, 1.807) is 27.4 Å². The van der Waals surface area contributed by atoms with Gasteiger partial charge in [0.25, 0.3) is 0 Å². The fourth-order valence-electron chi connectivity index (χ4n) is 3.34. The lowest BCUT2D eigenvalue weighted by Gasteiger charge is -2.22. The second kappa shape index (κ2) is 6.48. The van der Waals surface area contributed by atoms with Gasteiger partial charge in [-0.15, -0.1) is 0 Å². The Bertz CT molecular complexity index is 806. The summed E-state index contributed by atoms with van der Waals surface area (Å²) in [4.78, 5) is 0. The standard InChI is InChI=1S/C20H22O4/c1-12-10-13(11-18(23-3)20(12)24-4)14-6-5-7-16-15(14)8-9-17(22-2)19(16)21/h6,8-11,21H,5,7H2,1-4H3. The second-order valence-electron chi connectivity index (χ2n) is 5.83. The van der Waals surface area contributed by atoms with Gasteiger partial charge in [0.15, 0.2) is 23.0 Å². The highest BCUT2D eigenvalue weighted by Crippen LogP contribution is 2.43. The summed E-state index contributed by atoms with van der Waals surface area (Å²) in [5.41, 5.74) is 5.12. The van der Waals surface area contributed by atoms with Gasteiger partial charge in [-0.2, -0.15) is 0 Å². The molecule has 0 unspecified atom stereocenters. The molecule has 0 saturated carbocycles. The third-order valence-electron chi connectivity index (χ3n) is 4.47. The van der Waals surface area contributed by atoms with Crippen LogP contribution >= 0.6 is 0 Å². The molecule has 0 aliphatic heterocycles. The molecular weight excluding hydrogens is 304 g/mol. The number of fused-ring (bicyclic) bond motifs is 1. The van der Waals surface area contributed by atoms with Crippen molar-refractivity contribution in [3.05, 3.63) is 52.6 Å². The van der Waals surface area contributed by atoms with Crippen molar-refractivity contribution in [2.45, 2.75) is 19.8 Å². The fourth-order valence-corrected chi connectivity index (χ4v) is 3.34. The van der Waals surface area contributed by atoms with Crippen molar-refractivity contribution in [3.8, 4) is 23.0 Å². The Hall–Kier alpha value is -2.62. The molecular formula is C20H22O4. The first kappa shape index (κ1) is 16.2. The molecule has 24 heavy (non-hydrogen) atoms. The Morgan fingerprint density at radius 2 is 1.71 bits per heavy atom. The van der Waals surface area contributed by atoms with Gasteiger partial charge in [0.1, 0.15) is 0 Å². The van der Waals surface area contributed by atoms with Crippen LogP contribution in [0.15, 0.2) is 30.3 Å². The topological polar surface area (TPSA) is 47.9 Å². The van der Waals surface area contributed by atoms with Crippen LogP contribution in [0.4, 0.5) is 0 Å². The Kier molecular flexibility index (Phi) is 4.38. The molecule has 0 amide bonds. The van der Waals surface area contributed by atoms with Crippen molar-refractivity contribution in [1.82, 2.24) is 0 Å². The van der Waals surface area contributed by atoms with Crippen molar-refractivity contribution in [1.29, 1.82) is 0 Å². The molecule has 0 saturated heterocycles. The molecule has 2 aromatic rings. The number of hydrogen-bond acceptors (Lipinski definition) is 4. The van der Waals surface area contributed by atoms with Crippen LogP contribution in [0.1, 0.15) is 28.7 Å². The van der Waals surface area contributed by atoms with Gasteiger partial charge in [-0.05, 0) is 60.2 Å². The molecule has 1 N–H and O–H groups in total. The maximum absolute atomic E-state index is 10.4. The molecule has 0 spiro atoms. The number of phenolic OH excluding ortho intramolecular Hbond substituents is 1. The predicted octanol–water partition coefficient (Wildman–Crippen LogP) is 4.10. The van der Waals surface area contributed by atoms with Crippen molar-refractivity contribution < 1.29 is 19.3 Å². The number of benzene rings is 2. The van der Waals surface area contributed by atoms with Crippen LogP contribution < -0.4 is 14.2 Å². The van der Waals surface area contributed by atoms with Crippen molar-refractivity contribution in [2.75, 3.05) is 21.3 Å². The highest BCUT2D eigenvalue weighted by atomic mass is 16.5. The molecule has 0 atom stereocenters. The van der Waals surface area contributed by atoms with E-state index < -0.39 is 0 Å². The summed E-state index contributed by atoms with van der Waals surface area (Å²) in [5.74, 6) is 2.20. The number of phenols is 1. The van der Waals surface area contributed by atoms with E-state index in [2.05, 4.69) is 12.1 Å². The number of allylic oxidation sites excluding steroid dienone is 1. The van der Waals surface area contributed by atoms with Crippen molar-refractivity contribution >= 4 is 5.57 Å². The largest absolute Gasteiger partial charge is 0.504 e. The molecule has 0 aromatic heterocycles. The molecule has 4 heteroatoms. The lowest BCUT2D eigenvalue weighted by Crippen LogP contribution is -2.03. The number of ether oxygens (including phenoxy) is 3. The van der Waals surface area contributed by atoms with E-state index in [1.807, 2.05) is 19.1 Å². The first-order valence-electron chi connectivity index (χ1n) is 7.93. The van der Waals surface area contributed by atoms with Gasteiger partial charge in [0.05, 0.1) is 21.3 Å². The maximum atomic E-state index is 10.4. The van der Waals surface area contributed by atoms with Crippen LogP contribution in [0.5, 0.6) is 23.0 Å². The molecule has 2 aromatic carbocycles. The Balaban J connectivity index is 2.14. The summed E-state index contributed by atoms with van der Waals surface area (Å²) in [6.07, 6.45) is 3.87. The molecule has 0 fully saturated rings. The zero-order valence-corrected chi connectivity index (χ0v) is 14.5. The minimum atomic E-state index is 0.234. The van der Waals surface area contributed by atoms with Crippen LogP contribution in [0, 0.1) is 6.92 Å². The number of aryl methyl sites for hydroxylation is 1. The lowest BCUT2D eigenvalue weighted by molar-refractivity contribution is 0.353. The first-order chi connectivity index (χ1) is 11.6. The second-order valence-corrected chi connectivity index (χ2v) is 5.83. The van der Waals surface area contributed by atoms with Crippen LogP contribution in [0.3, 0.4) is 0 Å². The normalized spacial score (nSPS) is 13.1. The minimum Gasteiger partial charge on any atom is -0.504 e. The van der Waals surface area contributed by atoms with Gasteiger partial charge in [0, 0.05) is 5.56 Å². The monoisotopic (exact) mass is 326 g/mol. The van der Waals surface area contributed by atoms with Gasteiger partial charge < -0.3 is 19.3 Å². The summed E-state index contributed by atoms with van der Waals surface area (Å²) < 4.78 is 16.1. The zero-order chi connectivity index (χ0) is 17.3. The molecule has 1 aliphatic rings. The highest BCUT2D eigenvalue weighted by Gasteiger charge is 2.21. The van der Waals surface area contributed by atoms with Crippen LogP contribution in [-0.4, -0.2) is 26.4 Å². The van der Waals surface area contributed by atoms with E-state index in [4.69, 9.17) is 14.2 Å². The third kappa shape index (κ3) is 2.58. The predicted molar refractivity (Wildman–Crippen MR) is 94.3 cm³/mol. The van der Waals surface area contributed by atoms with Gasteiger partial charge in [-0.1, -0.05) is 12.1 Å². The van der Waals surface area contributed by atoms with Gasteiger partial charge >= 0.3 is 0 Å². The number of hydrogen-bond donors (Lipinski definition) is 1. The van der Waals surface area contributed by atoms with Crippen LogP contribution in [-0.2, 0) is 6.42 Å². The molecule has 4 nitrogen and oxygen atoms in total. The van der Waals surface area contributed by atoms with E-state index in [-0.39, 0.29) is 5.75 Å². The van der Waals surface area contributed by atoms with Crippen LogP contribution in [0.25, 0.3) is 5.57 Å². The first-order valence-corrected chi connectivity index (χ1v) is 7.93. The number of aromatic hydroxyl groups is 1. The summed E-state index contributed by atoms with van der Waals surface area (Å²) in [7, 11) is 4.85. The summed E-state index contributed by atoms with van der Waals surface area (Å²) in [6.45, 7) is 2.00. The van der Waals surface area contributed by atoms with E-state index in [0.29, 0.717) is 11.5 Å². The minimum absolute atomic E-state index is 0.234. The van der Waals surface area contributed by atoms with E-state index in [9.17, 15) is 5.11 Å². The van der Waals surface area contributed by atoms with Gasteiger partial charge in [-0.25, -0.2) is 0 Å². The molecule has 1 aliphatic carbocycles. The Morgan fingerprint density at radius 3 is 2.38 bits per heavy atom. The molecule has 3 rings (SSSR count). The summed E-state index contributed by atoms with van der Waals surface area (Å²) >= 11 is 0. The lowest BCUT2D eigenvalue weighted by atomic mass is 9.85. The zero-order valence-electron chi connectivity index (χ0n) is 14.5. The Morgan fingerprint density at radius 1 is 0.958 bits per heavy atom. The van der Waals surface area contributed by atoms with E-state index >= 15 is 0 Å². The Labute approximate surface area is 142 Å². The molecule has 0 radical (unpaired) electrons. The molecule has 0 heterocycles. The quantitative estimate of drug-likeness (QED) is 0.919. The molecule has 0 bridgehead atoms. The van der Waals surface area contributed by atoms with Crippen molar-refractivity contribution in [3.63, 3.8) is 0 Å². The van der Waals surface area contributed by atoms with Crippen molar-refractivity contribution in [2.24, 2.45) is 0 Å². The average molecular weight is 326 g/mol. The molecule has 126 valence electrons. The number of rotatable bonds is 4. The SMILES string of the molecule is COc1ccc2c(c1O)CCC=C2c1cc(C)c(OC)c(OC)c1. The maximum Gasteiger partial charge on any atom is 0.163 e. The van der Waals surface area contributed by atoms with Gasteiger partial charge in [0.2, 0.25) is 0 Å². The fraction of sp³-hybridized carbons (Fsp3) is 0.300. The summed E-state index contributed by atoms with van der Waals surface area (Å²) in [6, 6.07) is 7.88.